The second-order valence-corrected chi connectivity index (χ2v) is 5.66. The lowest BCUT2D eigenvalue weighted by Crippen LogP contribution is -2.27. The fourth-order valence-electron chi connectivity index (χ4n) is 1.95. The predicted molar refractivity (Wildman–Crippen MR) is 81.7 cm³/mol. The van der Waals surface area contributed by atoms with E-state index in [1.54, 1.807) is 11.3 Å². The van der Waals surface area contributed by atoms with Gasteiger partial charge in [0.05, 0.1) is 12.1 Å². The van der Waals surface area contributed by atoms with Crippen LogP contribution in [0.25, 0.3) is 11.5 Å². The van der Waals surface area contributed by atoms with E-state index in [-0.39, 0.29) is 6.01 Å². The van der Waals surface area contributed by atoms with Gasteiger partial charge in [-0.1, -0.05) is 11.2 Å². The largest absolute Gasteiger partial charge is 0.466 e. The summed E-state index contributed by atoms with van der Waals surface area (Å²) in [4.78, 5) is 12.8. The highest BCUT2D eigenvalue weighted by Gasteiger charge is 2.15. The smallest absolute Gasteiger partial charge is 0.324 e. The summed E-state index contributed by atoms with van der Waals surface area (Å²) < 4.78 is 10.8. The van der Waals surface area contributed by atoms with Crippen LogP contribution < -0.4 is 10.6 Å². The van der Waals surface area contributed by atoms with E-state index >= 15 is 0 Å². The molecule has 0 saturated carbocycles. The number of hydrogen-bond donors (Lipinski definition) is 2. The van der Waals surface area contributed by atoms with Gasteiger partial charge in [0.1, 0.15) is 11.5 Å². The molecule has 2 amide bonds. The standard InChI is InChI=1S/C14H14N4O3S/c1-8-6-11(9(2)20-8)12-17-18-14(21-12)16-13(19)15-7-10-4-3-5-22-10/h3-6H,7H2,1-2H3,(H2,15,16,18,19). The summed E-state index contributed by atoms with van der Waals surface area (Å²) in [6.45, 7) is 4.10. The number of nitrogens with zero attached hydrogens (tertiary/aromatic N) is 2. The molecule has 3 heterocycles. The lowest BCUT2D eigenvalue weighted by molar-refractivity contribution is 0.251. The van der Waals surface area contributed by atoms with Crippen LogP contribution >= 0.6 is 11.3 Å². The Morgan fingerprint density at radius 1 is 1.32 bits per heavy atom. The number of furan rings is 1. The Morgan fingerprint density at radius 3 is 2.86 bits per heavy atom. The number of hydrogen-bond acceptors (Lipinski definition) is 6. The topological polar surface area (TPSA) is 93.2 Å². The summed E-state index contributed by atoms with van der Waals surface area (Å²) in [7, 11) is 0. The molecule has 3 rings (SSSR count). The van der Waals surface area contributed by atoms with Crippen molar-refractivity contribution in [2.45, 2.75) is 20.4 Å². The van der Waals surface area contributed by atoms with Gasteiger partial charge in [0.15, 0.2) is 0 Å². The first-order valence-electron chi connectivity index (χ1n) is 6.60. The number of rotatable bonds is 4. The molecule has 0 saturated heterocycles. The van der Waals surface area contributed by atoms with Gasteiger partial charge in [0.25, 0.3) is 5.89 Å². The van der Waals surface area contributed by atoms with Crippen molar-refractivity contribution in [1.29, 1.82) is 0 Å². The number of anilines is 1. The van der Waals surface area contributed by atoms with E-state index in [0.717, 1.165) is 16.2 Å². The molecule has 0 spiro atoms. The maximum absolute atomic E-state index is 11.8. The van der Waals surface area contributed by atoms with Crippen LogP contribution in [0.2, 0.25) is 0 Å². The van der Waals surface area contributed by atoms with Crippen LogP contribution in [0, 0.1) is 13.8 Å². The molecule has 2 N–H and O–H groups in total. The van der Waals surface area contributed by atoms with Crippen LogP contribution in [0.3, 0.4) is 0 Å². The first-order chi connectivity index (χ1) is 10.6. The molecular formula is C14H14N4O3S. The van der Waals surface area contributed by atoms with Crippen LogP contribution in [0.5, 0.6) is 0 Å². The highest BCUT2D eigenvalue weighted by atomic mass is 32.1. The minimum Gasteiger partial charge on any atom is -0.466 e. The maximum Gasteiger partial charge on any atom is 0.324 e. The van der Waals surface area contributed by atoms with Gasteiger partial charge in [0.2, 0.25) is 0 Å². The normalized spacial score (nSPS) is 10.6. The number of nitrogens with one attached hydrogen (secondary N) is 2. The van der Waals surface area contributed by atoms with Gasteiger partial charge in [-0.15, -0.1) is 16.4 Å². The van der Waals surface area contributed by atoms with Crippen molar-refractivity contribution >= 4 is 23.4 Å². The highest BCUT2D eigenvalue weighted by Crippen LogP contribution is 2.26. The minimum atomic E-state index is -0.399. The lowest BCUT2D eigenvalue weighted by Gasteiger charge is -2.02. The molecule has 7 nitrogen and oxygen atoms in total. The van der Waals surface area contributed by atoms with Gasteiger partial charge >= 0.3 is 12.0 Å². The summed E-state index contributed by atoms with van der Waals surface area (Å²) in [5.41, 5.74) is 0.719. The van der Waals surface area contributed by atoms with Crippen molar-refractivity contribution in [2.75, 3.05) is 5.32 Å². The Kier molecular flexibility index (Phi) is 3.92. The van der Waals surface area contributed by atoms with Crippen molar-refractivity contribution in [3.63, 3.8) is 0 Å². The van der Waals surface area contributed by atoms with Crippen LogP contribution in [0.1, 0.15) is 16.4 Å². The maximum atomic E-state index is 11.8. The van der Waals surface area contributed by atoms with Gasteiger partial charge in [-0.3, -0.25) is 5.32 Å². The zero-order valence-corrected chi connectivity index (χ0v) is 12.9. The number of carbonyl (C=O) groups is 1. The molecule has 3 aromatic heterocycles. The number of carbonyl (C=O) groups excluding carboxylic acids is 1. The fraction of sp³-hybridized carbons (Fsp3) is 0.214. The average molecular weight is 318 g/mol. The van der Waals surface area contributed by atoms with Gasteiger partial charge in [-0.25, -0.2) is 4.79 Å². The van der Waals surface area contributed by atoms with E-state index < -0.39 is 6.03 Å². The van der Waals surface area contributed by atoms with Crippen LogP contribution in [0.4, 0.5) is 10.8 Å². The van der Waals surface area contributed by atoms with Crippen molar-refractivity contribution in [3.05, 3.63) is 40.0 Å². The summed E-state index contributed by atoms with van der Waals surface area (Å²) in [5.74, 6) is 1.76. The third-order valence-electron chi connectivity index (χ3n) is 2.92. The number of urea groups is 1. The Balaban J connectivity index is 1.61. The average Bonchev–Trinajstić information content (AvgIpc) is 3.18. The molecule has 0 radical (unpaired) electrons. The zero-order chi connectivity index (χ0) is 15.5. The molecule has 0 atom stereocenters. The highest BCUT2D eigenvalue weighted by molar-refractivity contribution is 7.09. The second-order valence-electron chi connectivity index (χ2n) is 4.63. The molecule has 0 aromatic carbocycles. The van der Waals surface area contributed by atoms with E-state index in [9.17, 15) is 4.79 Å². The van der Waals surface area contributed by atoms with Crippen LogP contribution in [0.15, 0.2) is 32.4 Å². The third kappa shape index (κ3) is 3.17. The molecule has 8 heteroatoms. The van der Waals surface area contributed by atoms with E-state index in [1.165, 1.54) is 0 Å². The number of thiophene rings is 1. The van der Waals surface area contributed by atoms with Gasteiger partial charge in [-0.05, 0) is 31.4 Å². The molecule has 0 bridgehead atoms. The van der Waals surface area contributed by atoms with Crippen LogP contribution in [-0.2, 0) is 6.54 Å². The first kappa shape index (κ1) is 14.3. The summed E-state index contributed by atoms with van der Waals surface area (Å²) in [5, 5.41) is 14.9. The van der Waals surface area contributed by atoms with Crippen molar-refractivity contribution in [1.82, 2.24) is 15.5 Å². The summed E-state index contributed by atoms with van der Waals surface area (Å²) in [6.07, 6.45) is 0. The zero-order valence-electron chi connectivity index (χ0n) is 12.0. The third-order valence-corrected chi connectivity index (χ3v) is 3.80. The minimum absolute atomic E-state index is 0.0388. The predicted octanol–water partition coefficient (Wildman–Crippen LogP) is 3.33. The van der Waals surface area contributed by atoms with Crippen LogP contribution in [-0.4, -0.2) is 16.2 Å². The Bertz CT molecular complexity index is 776. The number of aryl methyl sites for hydroxylation is 2. The quantitative estimate of drug-likeness (QED) is 0.769. The molecule has 22 heavy (non-hydrogen) atoms. The molecule has 0 aliphatic rings. The molecule has 0 unspecified atom stereocenters. The van der Waals surface area contributed by atoms with Gasteiger partial charge in [-0.2, -0.15) is 0 Å². The Labute approximate surface area is 130 Å². The molecule has 0 aliphatic carbocycles. The molecule has 3 aromatic rings. The second kappa shape index (κ2) is 6.02. The van der Waals surface area contributed by atoms with E-state index in [4.69, 9.17) is 8.83 Å². The Morgan fingerprint density at radius 2 is 2.18 bits per heavy atom. The van der Waals surface area contributed by atoms with E-state index in [1.807, 2.05) is 37.4 Å². The molecule has 114 valence electrons. The fourth-order valence-corrected chi connectivity index (χ4v) is 2.59. The van der Waals surface area contributed by atoms with Gasteiger partial charge in [0, 0.05) is 4.88 Å². The number of aromatic nitrogens is 2. The van der Waals surface area contributed by atoms with Gasteiger partial charge < -0.3 is 14.2 Å². The lowest BCUT2D eigenvalue weighted by atomic mass is 10.2. The molecular weight excluding hydrogens is 304 g/mol. The van der Waals surface area contributed by atoms with E-state index in [0.29, 0.717) is 18.2 Å². The SMILES string of the molecule is Cc1cc(-c2nnc(NC(=O)NCc3cccs3)o2)c(C)o1. The van der Waals surface area contributed by atoms with Crippen molar-refractivity contribution in [3.8, 4) is 11.5 Å². The first-order valence-corrected chi connectivity index (χ1v) is 7.48. The monoisotopic (exact) mass is 318 g/mol. The summed E-state index contributed by atoms with van der Waals surface area (Å²) >= 11 is 1.57. The van der Waals surface area contributed by atoms with Crippen molar-refractivity contribution < 1.29 is 13.6 Å². The Hall–Kier alpha value is -2.61. The van der Waals surface area contributed by atoms with E-state index in [2.05, 4.69) is 20.8 Å². The van der Waals surface area contributed by atoms with Crippen molar-refractivity contribution in [2.24, 2.45) is 0 Å². The summed E-state index contributed by atoms with van der Waals surface area (Å²) in [6, 6.07) is 5.32. The molecule has 0 fully saturated rings. The number of amides is 2. The molecule has 0 aliphatic heterocycles.